The van der Waals surface area contributed by atoms with Gasteiger partial charge in [0.15, 0.2) is 5.82 Å². The minimum absolute atomic E-state index is 0.607. The average molecular weight is 252 g/mol. The van der Waals surface area contributed by atoms with Gasteiger partial charge in [0, 0.05) is 12.6 Å². The van der Waals surface area contributed by atoms with Crippen LogP contribution in [0.4, 0.5) is 0 Å². The molecular weight excluding hydrogens is 228 g/mol. The van der Waals surface area contributed by atoms with Crippen molar-refractivity contribution in [2.75, 3.05) is 19.6 Å². The van der Waals surface area contributed by atoms with Crippen LogP contribution in [-0.4, -0.2) is 40.7 Å². The number of hydrogen-bond donors (Lipinski definition) is 1. The molecule has 1 aromatic rings. The van der Waals surface area contributed by atoms with Gasteiger partial charge in [0.05, 0.1) is 6.54 Å². The standard InChI is InChI=1S/C13H24N4O/c1-11(2)7-14-8-12-5-3-4-6-17(12)9-13-15-10-18-16-13/h10-12,14H,3-9H2,1-2H3. The Hall–Kier alpha value is -0.940. The van der Waals surface area contributed by atoms with Gasteiger partial charge in [0.25, 0.3) is 0 Å². The third-order valence-electron chi connectivity index (χ3n) is 3.43. The molecule has 1 unspecified atom stereocenters. The SMILES string of the molecule is CC(C)CNCC1CCCCN1Cc1ncon1. The smallest absolute Gasteiger partial charge is 0.213 e. The number of hydrogen-bond acceptors (Lipinski definition) is 5. The molecule has 1 atom stereocenters. The number of piperidine rings is 1. The Morgan fingerprint density at radius 3 is 3.11 bits per heavy atom. The van der Waals surface area contributed by atoms with Gasteiger partial charge < -0.3 is 9.84 Å². The molecule has 5 nitrogen and oxygen atoms in total. The van der Waals surface area contributed by atoms with Crippen molar-refractivity contribution >= 4 is 0 Å². The third kappa shape index (κ3) is 4.07. The monoisotopic (exact) mass is 252 g/mol. The maximum Gasteiger partial charge on any atom is 0.213 e. The Kier molecular flexibility index (Phi) is 5.13. The summed E-state index contributed by atoms with van der Waals surface area (Å²) in [4.78, 5) is 6.59. The minimum Gasteiger partial charge on any atom is -0.343 e. The molecule has 2 rings (SSSR count). The van der Waals surface area contributed by atoms with Crippen molar-refractivity contribution in [1.82, 2.24) is 20.4 Å². The largest absolute Gasteiger partial charge is 0.343 e. The first kappa shape index (κ1) is 13.5. The Morgan fingerprint density at radius 1 is 1.50 bits per heavy atom. The highest BCUT2D eigenvalue weighted by atomic mass is 16.5. The van der Waals surface area contributed by atoms with Crippen molar-refractivity contribution in [3.63, 3.8) is 0 Å². The summed E-state index contributed by atoms with van der Waals surface area (Å²) in [5.74, 6) is 1.50. The summed E-state index contributed by atoms with van der Waals surface area (Å²) in [6.45, 7) is 8.59. The van der Waals surface area contributed by atoms with Gasteiger partial charge in [-0.3, -0.25) is 4.90 Å². The van der Waals surface area contributed by atoms with Crippen LogP contribution in [0.25, 0.3) is 0 Å². The fraction of sp³-hybridized carbons (Fsp3) is 0.846. The lowest BCUT2D eigenvalue weighted by atomic mass is 10.0. The second-order valence-corrected chi connectivity index (χ2v) is 5.52. The second-order valence-electron chi connectivity index (χ2n) is 5.52. The first-order valence-electron chi connectivity index (χ1n) is 6.95. The van der Waals surface area contributed by atoms with Gasteiger partial charge in [-0.05, 0) is 31.8 Å². The Morgan fingerprint density at radius 2 is 2.39 bits per heavy atom. The zero-order valence-corrected chi connectivity index (χ0v) is 11.4. The Bertz CT molecular complexity index is 326. The number of aromatic nitrogens is 2. The molecular formula is C13H24N4O. The van der Waals surface area contributed by atoms with E-state index in [1.165, 1.54) is 25.7 Å². The van der Waals surface area contributed by atoms with Crippen LogP contribution in [0.2, 0.25) is 0 Å². The summed E-state index contributed by atoms with van der Waals surface area (Å²) in [7, 11) is 0. The van der Waals surface area contributed by atoms with E-state index < -0.39 is 0 Å². The highest BCUT2D eigenvalue weighted by molar-refractivity contribution is 4.85. The zero-order chi connectivity index (χ0) is 12.8. The molecule has 1 fully saturated rings. The number of nitrogens with one attached hydrogen (secondary N) is 1. The molecule has 5 heteroatoms. The zero-order valence-electron chi connectivity index (χ0n) is 11.4. The number of likely N-dealkylation sites (tertiary alicyclic amines) is 1. The van der Waals surface area contributed by atoms with Gasteiger partial charge in [-0.25, -0.2) is 0 Å². The van der Waals surface area contributed by atoms with Crippen molar-refractivity contribution in [1.29, 1.82) is 0 Å². The second kappa shape index (κ2) is 6.85. The van der Waals surface area contributed by atoms with Crippen LogP contribution < -0.4 is 5.32 Å². The molecule has 0 spiro atoms. The van der Waals surface area contributed by atoms with Crippen LogP contribution in [-0.2, 0) is 6.54 Å². The lowest BCUT2D eigenvalue weighted by Crippen LogP contribution is -2.45. The normalized spacial score (nSPS) is 21.6. The van der Waals surface area contributed by atoms with E-state index in [2.05, 4.69) is 34.2 Å². The van der Waals surface area contributed by atoms with Crippen molar-refractivity contribution in [2.24, 2.45) is 5.92 Å². The molecule has 1 saturated heterocycles. The van der Waals surface area contributed by atoms with Gasteiger partial charge in [-0.2, -0.15) is 4.98 Å². The molecule has 0 radical (unpaired) electrons. The van der Waals surface area contributed by atoms with Gasteiger partial charge in [0.1, 0.15) is 0 Å². The molecule has 102 valence electrons. The molecule has 18 heavy (non-hydrogen) atoms. The summed E-state index contributed by atoms with van der Waals surface area (Å²) < 4.78 is 4.80. The predicted molar refractivity (Wildman–Crippen MR) is 70.1 cm³/mol. The summed E-state index contributed by atoms with van der Waals surface area (Å²) in [5, 5.41) is 7.46. The van der Waals surface area contributed by atoms with E-state index >= 15 is 0 Å². The number of rotatable bonds is 6. The molecule has 1 aliphatic heterocycles. The van der Waals surface area contributed by atoms with Crippen molar-refractivity contribution < 1.29 is 4.52 Å². The van der Waals surface area contributed by atoms with E-state index in [4.69, 9.17) is 4.52 Å². The lowest BCUT2D eigenvalue weighted by Gasteiger charge is -2.35. The van der Waals surface area contributed by atoms with Crippen molar-refractivity contribution in [3.8, 4) is 0 Å². The fourth-order valence-corrected chi connectivity index (χ4v) is 2.48. The molecule has 1 aromatic heterocycles. The average Bonchev–Trinajstić information content (AvgIpc) is 2.84. The van der Waals surface area contributed by atoms with Gasteiger partial charge >= 0.3 is 0 Å². The summed E-state index contributed by atoms with van der Waals surface area (Å²) in [5.41, 5.74) is 0. The van der Waals surface area contributed by atoms with Gasteiger partial charge in [-0.1, -0.05) is 25.4 Å². The molecule has 1 N–H and O–H groups in total. The van der Waals surface area contributed by atoms with E-state index in [9.17, 15) is 0 Å². The summed E-state index contributed by atoms with van der Waals surface area (Å²) in [6, 6.07) is 0.607. The number of nitrogens with zero attached hydrogens (tertiary/aromatic N) is 3. The molecule has 0 aliphatic carbocycles. The molecule has 0 saturated carbocycles. The Labute approximate surface area is 109 Å². The van der Waals surface area contributed by atoms with Gasteiger partial charge in [0.2, 0.25) is 6.39 Å². The molecule has 1 aliphatic rings. The van der Waals surface area contributed by atoms with Crippen LogP contribution in [0, 0.1) is 5.92 Å². The van der Waals surface area contributed by atoms with E-state index in [0.29, 0.717) is 12.0 Å². The third-order valence-corrected chi connectivity index (χ3v) is 3.43. The van der Waals surface area contributed by atoms with E-state index in [1.807, 2.05) is 0 Å². The lowest BCUT2D eigenvalue weighted by molar-refractivity contribution is 0.132. The van der Waals surface area contributed by atoms with E-state index in [1.54, 1.807) is 0 Å². The first-order valence-corrected chi connectivity index (χ1v) is 6.95. The predicted octanol–water partition coefficient (Wildman–Crippen LogP) is 1.67. The van der Waals surface area contributed by atoms with Gasteiger partial charge in [-0.15, -0.1) is 0 Å². The first-order chi connectivity index (χ1) is 8.75. The quantitative estimate of drug-likeness (QED) is 0.834. The van der Waals surface area contributed by atoms with E-state index in [0.717, 1.165) is 32.0 Å². The molecule has 0 bridgehead atoms. The summed E-state index contributed by atoms with van der Waals surface area (Å²) >= 11 is 0. The maximum absolute atomic E-state index is 4.80. The van der Waals surface area contributed by atoms with Crippen LogP contribution >= 0.6 is 0 Å². The summed E-state index contributed by atoms with van der Waals surface area (Å²) in [6.07, 6.45) is 5.28. The molecule has 2 heterocycles. The van der Waals surface area contributed by atoms with Crippen LogP contribution in [0.3, 0.4) is 0 Å². The Balaban J connectivity index is 1.81. The topological polar surface area (TPSA) is 54.2 Å². The van der Waals surface area contributed by atoms with Crippen LogP contribution in [0.15, 0.2) is 10.9 Å². The molecule has 0 amide bonds. The van der Waals surface area contributed by atoms with Crippen molar-refractivity contribution in [3.05, 3.63) is 12.2 Å². The highest BCUT2D eigenvalue weighted by Gasteiger charge is 2.23. The fourth-order valence-electron chi connectivity index (χ4n) is 2.48. The van der Waals surface area contributed by atoms with Crippen molar-refractivity contribution in [2.45, 2.75) is 45.7 Å². The molecule has 0 aromatic carbocycles. The van der Waals surface area contributed by atoms with Crippen LogP contribution in [0.1, 0.15) is 38.9 Å². The highest BCUT2D eigenvalue weighted by Crippen LogP contribution is 2.18. The maximum atomic E-state index is 4.80. The van der Waals surface area contributed by atoms with E-state index in [-0.39, 0.29) is 0 Å². The van der Waals surface area contributed by atoms with Crippen LogP contribution in [0.5, 0.6) is 0 Å². The minimum atomic E-state index is 0.607.